The molecule has 3 nitrogen and oxygen atoms in total. The van der Waals surface area contributed by atoms with E-state index in [1.54, 1.807) is 18.4 Å². The van der Waals surface area contributed by atoms with Crippen LogP contribution in [0.4, 0.5) is 0 Å². The van der Waals surface area contributed by atoms with E-state index in [-0.39, 0.29) is 6.04 Å². The largest absolute Gasteiger partial charge is 0.481 e. The second kappa shape index (κ2) is 6.52. The fourth-order valence-corrected chi connectivity index (χ4v) is 2.55. The number of hydrogen-bond acceptors (Lipinski definition) is 4. The molecular weight excluding hydrogens is 244 g/mol. The Labute approximate surface area is 112 Å². The third-order valence-corrected chi connectivity index (χ3v) is 3.62. The molecule has 2 aromatic heterocycles. The Hall–Kier alpha value is -1.39. The third kappa shape index (κ3) is 3.82. The SMILES string of the molecule is COc1ccc(CC(N)CCc2ccsc2)cn1. The molecule has 0 aromatic carbocycles. The fraction of sp³-hybridized carbons (Fsp3) is 0.357. The lowest BCUT2D eigenvalue weighted by Gasteiger charge is -2.11. The predicted molar refractivity (Wildman–Crippen MR) is 75.1 cm³/mol. The van der Waals surface area contributed by atoms with Crippen LogP contribution in [0, 0.1) is 0 Å². The van der Waals surface area contributed by atoms with Gasteiger partial charge in [-0.25, -0.2) is 4.98 Å². The molecule has 18 heavy (non-hydrogen) atoms. The maximum absolute atomic E-state index is 6.14. The minimum atomic E-state index is 0.181. The first-order valence-electron chi connectivity index (χ1n) is 6.03. The summed E-state index contributed by atoms with van der Waals surface area (Å²) in [5.74, 6) is 0.644. The number of nitrogens with zero attached hydrogens (tertiary/aromatic N) is 1. The summed E-state index contributed by atoms with van der Waals surface area (Å²) in [6.45, 7) is 0. The van der Waals surface area contributed by atoms with E-state index in [1.165, 1.54) is 5.56 Å². The van der Waals surface area contributed by atoms with Gasteiger partial charge in [0.2, 0.25) is 5.88 Å². The van der Waals surface area contributed by atoms with E-state index in [1.807, 2.05) is 18.3 Å². The van der Waals surface area contributed by atoms with Gasteiger partial charge in [-0.3, -0.25) is 0 Å². The summed E-state index contributed by atoms with van der Waals surface area (Å²) in [4.78, 5) is 4.18. The van der Waals surface area contributed by atoms with E-state index in [4.69, 9.17) is 10.5 Å². The molecule has 2 aromatic rings. The van der Waals surface area contributed by atoms with Crippen LogP contribution in [0.25, 0.3) is 0 Å². The lowest BCUT2D eigenvalue weighted by atomic mass is 10.0. The number of rotatable bonds is 6. The minimum Gasteiger partial charge on any atom is -0.481 e. The van der Waals surface area contributed by atoms with Crippen molar-refractivity contribution < 1.29 is 4.74 Å². The molecule has 0 radical (unpaired) electrons. The Bertz CT molecular complexity index is 453. The molecule has 0 aliphatic rings. The van der Waals surface area contributed by atoms with Crippen LogP contribution in [-0.2, 0) is 12.8 Å². The van der Waals surface area contributed by atoms with Gasteiger partial charge in [-0.1, -0.05) is 6.07 Å². The van der Waals surface area contributed by atoms with Crippen LogP contribution in [0.3, 0.4) is 0 Å². The quantitative estimate of drug-likeness (QED) is 0.870. The van der Waals surface area contributed by atoms with Crippen molar-refractivity contribution in [2.45, 2.75) is 25.3 Å². The van der Waals surface area contributed by atoms with Gasteiger partial charge in [0, 0.05) is 18.3 Å². The molecule has 0 aliphatic heterocycles. The molecule has 0 fully saturated rings. The van der Waals surface area contributed by atoms with E-state index >= 15 is 0 Å². The highest BCUT2D eigenvalue weighted by atomic mass is 32.1. The summed E-state index contributed by atoms with van der Waals surface area (Å²) >= 11 is 1.73. The monoisotopic (exact) mass is 262 g/mol. The molecule has 0 bridgehead atoms. The molecule has 0 saturated heterocycles. The first-order valence-corrected chi connectivity index (χ1v) is 6.98. The van der Waals surface area contributed by atoms with Crippen LogP contribution in [0.15, 0.2) is 35.2 Å². The van der Waals surface area contributed by atoms with Crippen LogP contribution in [0.1, 0.15) is 17.5 Å². The first kappa shape index (κ1) is 13.1. The first-order chi connectivity index (χ1) is 8.78. The van der Waals surface area contributed by atoms with Gasteiger partial charge in [0.15, 0.2) is 0 Å². The van der Waals surface area contributed by atoms with Crippen molar-refractivity contribution >= 4 is 11.3 Å². The van der Waals surface area contributed by atoms with Crippen molar-refractivity contribution in [1.82, 2.24) is 4.98 Å². The van der Waals surface area contributed by atoms with Crippen molar-refractivity contribution in [3.05, 3.63) is 46.3 Å². The standard InChI is InChI=1S/C14H18N2OS/c1-17-14-5-3-12(9-16-14)8-13(15)4-2-11-6-7-18-10-11/h3,5-7,9-10,13H,2,4,8,15H2,1H3. The highest BCUT2D eigenvalue weighted by Gasteiger charge is 2.05. The molecule has 1 atom stereocenters. The number of nitrogens with two attached hydrogens (primary N) is 1. The van der Waals surface area contributed by atoms with Gasteiger partial charge < -0.3 is 10.5 Å². The van der Waals surface area contributed by atoms with E-state index in [9.17, 15) is 0 Å². The number of pyridine rings is 1. The Kier molecular flexibility index (Phi) is 4.73. The number of ether oxygens (including phenoxy) is 1. The summed E-state index contributed by atoms with van der Waals surface area (Å²) in [6.07, 6.45) is 4.75. The van der Waals surface area contributed by atoms with Crippen LogP contribution in [-0.4, -0.2) is 18.1 Å². The van der Waals surface area contributed by atoms with Gasteiger partial charge in [0.25, 0.3) is 0 Å². The normalized spacial score (nSPS) is 12.3. The van der Waals surface area contributed by atoms with Crippen LogP contribution < -0.4 is 10.5 Å². The van der Waals surface area contributed by atoms with Crippen molar-refractivity contribution in [3.8, 4) is 5.88 Å². The average Bonchev–Trinajstić information content (AvgIpc) is 2.90. The molecule has 0 amide bonds. The van der Waals surface area contributed by atoms with Gasteiger partial charge in [-0.05, 0) is 47.2 Å². The van der Waals surface area contributed by atoms with Gasteiger partial charge in [0.1, 0.15) is 0 Å². The zero-order valence-electron chi connectivity index (χ0n) is 10.5. The van der Waals surface area contributed by atoms with Gasteiger partial charge >= 0.3 is 0 Å². The Morgan fingerprint density at radius 3 is 2.83 bits per heavy atom. The van der Waals surface area contributed by atoms with Gasteiger partial charge in [0.05, 0.1) is 7.11 Å². The smallest absolute Gasteiger partial charge is 0.212 e. The summed E-state index contributed by atoms with van der Waals surface area (Å²) in [5, 5.41) is 4.29. The topological polar surface area (TPSA) is 48.1 Å². The lowest BCUT2D eigenvalue weighted by molar-refractivity contribution is 0.397. The summed E-state index contributed by atoms with van der Waals surface area (Å²) in [5.41, 5.74) is 8.68. The predicted octanol–water partition coefficient (Wildman–Crippen LogP) is 2.65. The number of aromatic nitrogens is 1. The summed E-state index contributed by atoms with van der Waals surface area (Å²) < 4.78 is 5.03. The molecule has 4 heteroatoms. The van der Waals surface area contributed by atoms with Crippen LogP contribution in [0.5, 0.6) is 5.88 Å². The van der Waals surface area contributed by atoms with E-state index in [2.05, 4.69) is 21.8 Å². The molecular formula is C14H18N2OS. The summed E-state index contributed by atoms with van der Waals surface area (Å²) in [6, 6.07) is 6.24. The molecule has 2 N–H and O–H groups in total. The van der Waals surface area contributed by atoms with Crippen molar-refractivity contribution in [1.29, 1.82) is 0 Å². The van der Waals surface area contributed by atoms with Crippen molar-refractivity contribution in [3.63, 3.8) is 0 Å². The third-order valence-electron chi connectivity index (χ3n) is 2.89. The van der Waals surface area contributed by atoms with Crippen molar-refractivity contribution in [2.75, 3.05) is 7.11 Å². The minimum absolute atomic E-state index is 0.181. The number of hydrogen-bond donors (Lipinski definition) is 1. The molecule has 96 valence electrons. The molecule has 2 heterocycles. The maximum atomic E-state index is 6.14. The Morgan fingerprint density at radius 1 is 1.33 bits per heavy atom. The Morgan fingerprint density at radius 2 is 2.22 bits per heavy atom. The molecule has 0 saturated carbocycles. The van der Waals surface area contributed by atoms with Gasteiger partial charge in [-0.15, -0.1) is 0 Å². The zero-order chi connectivity index (χ0) is 12.8. The molecule has 0 aliphatic carbocycles. The number of thiophene rings is 1. The van der Waals surface area contributed by atoms with E-state index in [0.29, 0.717) is 5.88 Å². The number of aryl methyl sites for hydroxylation is 1. The van der Waals surface area contributed by atoms with E-state index < -0.39 is 0 Å². The summed E-state index contributed by atoms with van der Waals surface area (Å²) in [7, 11) is 1.62. The van der Waals surface area contributed by atoms with E-state index in [0.717, 1.165) is 24.8 Å². The highest BCUT2D eigenvalue weighted by molar-refractivity contribution is 7.07. The Balaban J connectivity index is 1.80. The van der Waals surface area contributed by atoms with Gasteiger partial charge in [-0.2, -0.15) is 11.3 Å². The lowest BCUT2D eigenvalue weighted by Crippen LogP contribution is -2.23. The molecule has 1 unspecified atom stereocenters. The second-order valence-electron chi connectivity index (χ2n) is 4.34. The second-order valence-corrected chi connectivity index (χ2v) is 5.12. The maximum Gasteiger partial charge on any atom is 0.212 e. The fourth-order valence-electron chi connectivity index (χ4n) is 1.84. The highest BCUT2D eigenvalue weighted by Crippen LogP contribution is 2.12. The van der Waals surface area contributed by atoms with Crippen LogP contribution in [0.2, 0.25) is 0 Å². The van der Waals surface area contributed by atoms with Crippen molar-refractivity contribution in [2.24, 2.45) is 5.73 Å². The number of methoxy groups -OCH3 is 1. The average molecular weight is 262 g/mol. The van der Waals surface area contributed by atoms with Crippen LogP contribution >= 0.6 is 11.3 Å². The zero-order valence-corrected chi connectivity index (χ0v) is 11.3. The molecule has 0 spiro atoms. The molecule has 2 rings (SSSR count).